The Balaban J connectivity index is 3.08. The number of rotatable bonds is 15. The molecule has 0 rings (SSSR count). The van der Waals surface area contributed by atoms with E-state index in [9.17, 15) is 9.59 Å². The molecule has 0 aromatic carbocycles. The molecule has 0 aromatic rings. The van der Waals surface area contributed by atoms with Gasteiger partial charge in [-0.25, -0.2) is 0 Å². The monoisotopic (exact) mass is 331 g/mol. The SMILES string of the molecule is CC(C)C(=O)CCCCCOCCCCCCCNC(=O)P. The van der Waals surface area contributed by atoms with Gasteiger partial charge in [0.25, 0.3) is 0 Å². The molecule has 0 aliphatic rings. The van der Waals surface area contributed by atoms with Gasteiger partial charge in [-0.15, -0.1) is 0 Å². The third kappa shape index (κ3) is 15.9. The quantitative estimate of drug-likeness (QED) is 0.359. The van der Waals surface area contributed by atoms with Gasteiger partial charge < -0.3 is 10.1 Å². The van der Waals surface area contributed by atoms with E-state index >= 15 is 0 Å². The standard InChI is InChI=1S/C17H34NO3P/c1-15(2)16(19)11-7-6-10-14-21-13-9-5-3-4-8-12-18-17(20)22/h15H,3-14,22H2,1-2H3,(H,18,20). The summed E-state index contributed by atoms with van der Waals surface area (Å²) in [5.41, 5.74) is -0.0260. The first kappa shape index (κ1) is 21.5. The van der Waals surface area contributed by atoms with Gasteiger partial charge >= 0.3 is 0 Å². The van der Waals surface area contributed by atoms with Crippen LogP contribution in [0.15, 0.2) is 0 Å². The zero-order valence-electron chi connectivity index (χ0n) is 14.4. The minimum Gasteiger partial charge on any atom is -0.381 e. The van der Waals surface area contributed by atoms with Gasteiger partial charge in [-0.1, -0.05) is 39.5 Å². The van der Waals surface area contributed by atoms with Crippen LogP contribution < -0.4 is 5.32 Å². The second-order valence-corrected chi connectivity index (χ2v) is 6.63. The average Bonchev–Trinajstić information content (AvgIpc) is 2.46. The Kier molecular flexibility index (Phi) is 15.1. The van der Waals surface area contributed by atoms with Crippen molar-refractivity contribution >= 4 is 20.7 Å². The smallest absolute Gasteiger partial charge is 0.234 e. The number of hydrogen-bond acceptors (Lipinski definition) is 3. The molecule has 0 saturated carbocycles. The van der Waals surface area contributed by atoms with Crippen molar-refractivity contribution in [1.29, 1.82) is 0 Å². The van der Waals surface area contributed by atoms with E-state index in [4.69, 9.17) is 4.74 Å². The summed E-state index contributed by atoms with van der Waals surface area (Å²) in [5, 5.41) is 2.77. The Bertz CT molecular complexity index is 296. The minimum absolute atomic E-state index is 0.0260. The summed E-state index contributed by atoms with van der Waals surface area (Å²) < 4.78 is 5.60. The summed E-state index contributed by atoms with van der Waals surface area (Å²) in [5.74, 6) is 0.548. The number of carbonyl (C=O) groups is 2. The van der Waals surface area contributed by atoms with Crippen molar-refractivity contribution in [3.8, 4) is 0 Å². The first-order chi connectivity index (χ1) is 10.5. The second-order valence-electron chi connectivity index (χ2n) is 6.10. The van der Waals surface area contributed by atoms with Crippen LogP contribution in [-0.4, -0.2) is 31.2 Å². The molecule has 0 aliphatic heterocycles. The fraction of sp³-hybridized carbons (Fsp3) is 0.882. The van der Waals surface area contributed by atoms with Crippen LogP contribution in [0.2, 0.25) is 0 Å². The Labute approximate surface area is 138 Å². The van der Waals surface area contributed by atoms with Gasteiger partial charge in [-0.05, 0) is 34.9 Å². The molecule has 0 aromatic heterocycles. The number of carbonyl (C=O) groups excluding carboxylic acids is 2. The Morgan fingerprint density at radius 2 is 1.45 bits per heavy atom. The van der Waals surface area contributed by atoms with Crippen molar-refractivity contribution in [2.75, 3.05) is 19.8 Å². The number of amides is 1. The highest BCUT2D eigenvalue weighted by Crippen LogP contribution is 2.07. The summed E-state index contributed by atoms with van der Waals surface area (Å²) in [7, 11) is 2.13. The van der Waals surface area contributed by atoms with Gasteiger partial charge in [-0.2, -0.15) is 0 Å². The fourth-order valence-electron chi connectivity index (χ4n) is 2.14. The average molecular weight is 331 g/mol. The van der Waals surface area contributed by atoms with Gasteiger partial charge in [0.2, 0.25) is 5.65 Å². The second kappa shape index (κ2) is 15.4. The largest absolute Gasteiger partial charge is 0.381 e. The molecule has 0 fully saturated rings. The highest BCUT2D eigenvalue weighted by molar-refractivity contribution is 7.39. The van der Waals surface area contributed by atoms with Gasteiger partial charge in [0.1, 0.15) is 5.78 Å². The molecule has 1 amide bonds. The number of nitrogens with one attached hydrogen (secondary N) is 1. The van der Waals surface area contributed by atoms with Crippen LogP contribution in [0.3, 0.4) is 0 Å². The van der Waals surface area contributed by atoms with Crippen molar-refractivity contribution in [3.63, 3.8) is 0 Å². The molecule has 130 valence electrons. The van der Waals surface area contributed by atoms with Crippen LogP contribution in [0.5, 0.6) is 0 Å². The van der Waals surface area contributed by atoms with Crippen molar-refractivity contribution in [1.82, 2.24) is 5.32 Å². The van der Waals surface area contributed by atoms with E-state index in [0.29, 0.717) is 5.78 Å². The number of unbranched alkanes of at least 4 members (excludes halogenated alkanes) is 6. The van der Waals surface area contributed by atoms with Crippen LogP contribution in [0, 0.1) is 5.92 Å². The zero-order valence-corrected chi connectivity index (χ0v) is 15.5. The highest BCUT2D eigenvalue weighted by atomic mass is 31.0. The molecule has 0 bridgehead atoms. The number of Topliss-reactive ketones (excluding diaryl/α,β-unsaturated/α-hetero) is 1. The zero-order chi connectivity index (χ0) is 16.6. The topological polar surface area (TPSA) is 55.4 Å². The molecule has 0 radical (unpaired) electrons. The molecule has 5 heteroatoms. The molecule has 1 atom stereocenters. The summed E-state index contributed by atoms with van der Waals surface area (Å²) in [6.07, 6.45) is 9.57. The van der Waals surface area contributed by atoms with Crippen molar-refractivity contribution in [2.45, 2.75) is 71.6 Å². The molecule has 0 spiro atoms. The molecular weight excluding hydrogens is 297 g/mol. The lowest BCUT2D eigenvalue weighted by Gasteiger charge is -2.06. The van der Waals surface area contributed by atoms with Crippen molar-refractivity contribution in [2.24, 2.45) is 5.92 Å². The Hall–Kier alpha value is -0.470. The summed E-state index contributed by atoms with van der Waals surface area (Å²) >= 11 is 0. The van der Waals surface area contributed by atoms with Gasteiger partial charge in [-0.3, -0.25) is 9.59 Å². The normalized spacial score (nSPS) is 10.9. The first-order valence-corrected chi connectivity index (χ1v) is 9.25. The third-order valence-electron chi connectivity index (χ3n) is 3.62. The van der Waals surface area contributed by atoms with Crippen LogP contribution in [0.1, 0.15) is 71.6 Å². The fourth-order valence-corrected chi connectivity index (χ4v) is 2.29. The van der Waals surface area contributed by atoms with Crippen LogP contribution in [-0.2, 0) is 9.53 Å². The van der Waals surface area contributed by atoms with Gasteiger partial charge in [0.15, 0.2) is 0 Å². The first-order valence-electron chi connectivity index (χ1n) is 8.67. The number of ether oxygens (including phenoxy) is 1. The lowest BCUT2D eigenvalue weighted by atomic mass is 10.0. The molecule has 22 heavy (non-hydrogen) atoms. The Morgan fingerprint density at radius 3 is 2.05 bits per heavy atom. The van der Waals surface area contributed by atoms with Crippen molar-refractivity contribution in [3.05, 3.63) is 0 Å². The maximum absolute atomic E-state index is 11.4. The van der Waals surface area contributed by atoms with E-state index in [1.165, 1.54) is 12.8 Å². The molecule has 0 saturated heterocycles. The summed E-state index contributed by atoms with van der Waals surface area (Å²) in [4.78, 5) is 22.1. The van der Waals surface area contributed by atoms with E-state index in [1.54, 1.807) is 0 Å². The van der Waals surface area contributed by atoms with E-state index in [2.05, 4.69) is 14.6 Å². The van der Waals surface area contributed by atoms with E-state index in [0.717, 1.165) is 64.7 Å². The van der Waals surface area contributed by atoms with Gasteiger partial charge in [0.05, 0.1) is 0 Å². The van der Waals surface area contributed by atoms with E-state index < -0.39 is 0 Å². The lowest BCUT2D eigenvalue weighted by molar-refractivity contribution is -0.122. The van der Waals surface area contributed by atoms with E-state index in [1.807, 2.05) is 13.8 Å². The third-order valence-corrected chi connectivity index (χ3v) is 3.82. The molecule has 0 aliphatic carbocycles. The van der Waals surface area contributed by atoms with Gasteiger partial charge in [0, 0.05) is 32.1 Å². The van der Waals surface area contributed by atoms with E-state index in [-0.39, 0.29) is 11.6 Å². The maximum atomic E-state index is 11.4. The highest BCUT2D eigenvalue weighted by Gasteiger charge is 2.05. The maximum Gasteiger partial charge on any atom is 0.234 e. The summed E-state index contributed by atoms with van der Waals surface area (Å²) in [6, 6.07) is 0. The predicted molar refractivity (Wildman–Crippen MR) is 95.3 cm³/mol. The summed E-state index contributed by atoms with van der Waals surface area (Å²) in [6.45, 7) is 6.36. The molecule has 0 heterocycles. The van der Waals surface area contributed by atoms with Crippen LogP contribution in [0.25, 0.3) is 0 Å². The number of ketones is 1. The minimum atomic E-state index is -0.0260. The van der Waals surface area contributed by atoms with Crippen molar-refractivity contribution < 1.29 is 14.3 Å². The lowest BCUT2D eigenvalue weighted by Crippen LogP contribution is -2.16. The molecule has 1 N–H and O–H groups in total. The Morgan fingerprint density at radius 1 is 0.909 bits per heavy atom. The molecule has 4 nitrogen and oxygen atoms in total. The molecular formula is C17H34NO3P. The molecule has 1 unspecified atom stereocenters. The number of hydrogen-bond donors (Lipinski definition) is 1. The van der Waals surface area contributed by atoms with Crippen LogP contribution >= 0.6 is 9.24 Å². The van der Waals surface area contributed by atoms with Crippen LogP contribution in [0.4, 0.5) is 4.79 Å². The predicted octanol–water partition coefficient (Wildman–Crippen LogP) is 4.32.